The van der Waals surface area contributed by atoms with Crippen LogP contribution in [0.25, 0.3) is 38.2 Å². The molecule has 0 N–H and O–H groups in total. The molecule has 0 saturated heterocycles. The van der Waals surface area contributed by atoms with Gasteiger partial charge in [0.1, 0.15) is 0 Å². The summed E-state index contributed by atoms with van der Waals surface area (Å²) >= 11 is 0. The molecule has 1 heterocycles. The summed E-state index contributed by atoms with van der Waals surface area (Å²) in [6, 6.07) is 66.5. The maximum Gasteiger partial charge on any atom is 0.0543 e. The van der Waals surface area contributed by atoms with Crippen LogP contribution in [0.1, 0.15) is 37.0 Å². The van der Waals surface area contributed by atoms with Crippen LogP contribution in [0.2, 0.25) is 0 Å². The normalized spacial score (nSPS) is 12.9. The third-order valence-electron chi connectivity index (χ3n) is 10.5. The van der Waals surface area contributed by atoms with Gasteiger partial charge in [0.25, 0.3) is 0 Å². The molecule has 0 unspecified atom stereocenters. The molecule has 1 aliphatic carbocycles. The number of rotatable bonds is 5. The molecule has 0 fully saturated rings. The zero-order valence-electron chi connectivity index (χ0n) is 29.6. The number of hydrogen-bond donors (Lipinski definition) is 0. The van der Waals surface area contributed by atoms with Gasteiger partial charge in [-0.3, -0.25) is 0 Å². The van der Waals surface area contributed by atoms with Crippen molar-refractivity contribution in [2.45, 2.75) is 26.7 Å². The van der Waals surface area contributed by atoms with Gasteiger partial charge in [-0.1, -0.05) is 147 Å². The van der Waals surface area contributed by atoms with Crippen LogP contribution in [0.15, 0.2) is 188 Å². The highest BCUT2D eigenvalue weighted by atomic mass is 15.2. The summed E-state index contributed by atoms with van der Waals surface area (Å²) < 4.78 is 0. The van der Waals surface area contributed by atoms with Crippen LogP contribution in [0.5, 0.6) is 0 Å². The molecular weight excluding hydrogens is 629 g/mol. The van der Waals surface area contributed by atoms with Crippen LogP contribution in [0.3, 0.4) is 0 Å². The van der Waals surface area contributed by atoms with E-state index in [0.717, 1.165) is 29.9 Å². The van der Waals surface area contributed by atoms with E-state index in [1.165, 1.54) is 72.0 Å². The Labute approximate surface area is 306 Å². The quantitative estimate of drug-likeness (QED) is 0.180. The molecule has 2 nitrogen and oxygen atoms in total. The molecule has 0 amide bonds. The topological polar surface area (TPSA) is 6.48 Å². The van der Waals surface area contributed by atoms with Gasteiger partial charge in [0.15, 0.2) is 0 Å². The minimum absolute atomic E-state index is 0.993. The predicted molar refractivity (Wildman–Crippen MR) is 222 cm³/mol. The molecule has 0 radical (unpaired) electrons. The van der Waals surface area contributed by atoms with Gasteiger partial charge < -0.3 is 9.80 Å². The first-order valence-corrected chi connectivity index (χ1v) is 18.5. The minimum atomic E-state index is 0.993. The van der Waals surface area contributed by atoms with E-state index in [1.807, 2.05) is 13.8 Å². The van der Waals surface area contributed by atoms with E-state index < -0.39 is 0 Å². The first kappa shape index (κ1) is 31.6. The highest BCUT2D eigenvalue weighted by Gasteiger charge is 2.32. The van der Waals surface area contributed by atoms with Gasteiger partial charge in [0.2, 0.25) is 0 Å². The number of nitrogens with zero attached hydrogens (tertiary/aromatic N) is 2. The Hall–Kier alpha value is -6.38. The summed E-state index contributed by atoms with van der Waals surface area (Å²) in [6.07, 6.45) is 2.03. The number of hydrogen-bond acceptors (Lipinski definition) is 2. The molecule has 8 aromatic rings. The number of anilines is 5. The largest absolute Gasteiger partial charge is 0.313 e. The third kappa shape index (κ3) is 5.27. The average molecular weight is 669 g/mol. The number of aryl methyl sites for hydroxylation is 1. The van der Waals surface area contributed by atoms with E-state index >= 15 is 0 Å². The lowest BCUT2D eigenvalue weighted by Crippen LogP contribution is -2.25. The minimum Gasteiger partial charge on any atom is -0.313 e. The van der Waals surface area contributed by atoms with Crippen LogP contribution in [0.4, 0.5) is 28.4 Å². The lowest BCUT2D eigenvalue weighted by molar-refractivity contribution is 0.883. The van der Waals surface area contributed by atoms with Crippen molar-refractivity contribution in [2.24, 2.45) is 0 Å². The molecule has 52 heavy (non-hydrogen) atoms. The molecule has 2 aliphatic rings. The Morgan fingerprint density at radius 2 is 1.13 bits per heavy atom. The van der Waals surface area contributed by atoms with Crippen molar-refractivity contribution < 1.29 is 0 Å². The van der Waals surface area contributed by atoms with Crippen molar-refractivity contribution in [3.05, 3.63) is 204 Å². The molecule has 0 aromatic heterocycles. The lowest BCUT2D eigenvalue weighted by Gasteiger charge is -2.38. The fraction of sp³-hybridized carbons (Fsp3) is 0.0800. The van der Waals surface area contributed by atoms with Crippen LogP contribution in [-0.4, -0.2) is 0 Å². The van der Waals surface area contributed by atoms with Gasteiger partial charge in [-0.15, -0.1) is 0 Å². The molecule has 8 aromatic carbocycles. The lowest BCUT2D eigenvalue weighted by atomic mass is 9.80. The van der Waals surface area contributed by atoms with E-state index in [0.29, 0.717) is 0 Å². The van der Waals surface area contributed by atoms with Crippen molar-refractivity contribution in [2.75, 3.05) is 9.80 Å². The molecule has 0 spiro atoms. The van der Waals surface area contributed by atoms with Crippen LogP contribution in [0, 0.1) is 0 Å². The fourth-order valence-corrected chi connectivity index (χ4v) is 8.23. The zero-order valence-corrected chi connectivity index (χ0v) is 29.6. The van der Waals surface area contributed by atoms with E-state index in [-0.39, 0.29) is 0 Å². The van der Waals surface area contributed by atoms with Crippen LogP contribution >= 0.6 is 0 Å². The Kier molecular flexibility index (Phi) is 8.14. The summed E-state index contributed by atoms with van der Waals surface area (Å²) in [4.78, 5) is 4.94. The SMILES string of the molecule is CC.c1ccc(-c2cccc(N(c3ccc(N4C5=C(c6ccccc6CC5)c5cccc6cccc4c56)cc3)c3cccc4ccccc34)c2)cc1. The standard InChI is InChI=1S/C48H34N2.C2H6/c1-2-12-33(13-3-1)37-19-8-20-40(32-37)49(44-24-10-16-34-14-4-6-21-41(34)44)38-27-29-39(30-28-38)50-45-25-11-18-36-17-9-23-43(47(36)45)48-42-22-7-5-15-35(42)26-31-46(48)50;1-2/h1-25,27-30,32H,26,31H2;1-2H3. The van der Waals surface area contributed by atoms with Crippen molar-refractivity contribution in [3.8, 4) is 11.1 Å². The van der Waals surface area contributed by atoms with Gasteiger partial charge in [-0.2, -0.15) is 0 Å². The Morgan fingerprint density at radius 3 is 2.00 bits per heavy atom. The van der Waals surface area contributed by atoms with E-state index in [9.17, 15) is 0 Å². The molecule has 1 aliphatic heterocycles. The molecule has 2 heteroatoms. The summed E-state index contributed by atoms with van der Waals surface area (Å²) in [7, 11) is 0. The summed E-state index contributed by atoms with van der Waals surface area (Å²) in [5, 5.41) is 5.04. The third-order valence-corrected chi connectivity index (χ3v) is 10.5. The number of allylic oxidation sites excluding steroid dienone is 1. The maximum atomic E-state index is 2.53. The van der Waals surface area contributed by atoms with Gasteiger partial charge in [0, 0.05) is 39.1 Å². The zero-order chi connectivity index (χ0) is 35.0. The summed E-state index contributed by atoms with van der Waals surface area (Å²) in [6.45, 7) is 4.00. The first-order chi connectivity index (χ1) is 25.8. The number of fused-ring (bicyclic) bond motifs is 4. The smallest absolute Gasteiger partial charge is 0.0543 e. The second-order valence-corrected chi connectivity index (χ2v) is 13.3. The molecular formula is C50H40N2. The summed E-state index contributed by atoms with van der Waals surface area (Å²) in [5.74, 6) is 0. The molecule has 0 bridgehead atoms. The molecule has 0 saturated carbocycles. The second kappa shape index (κ2) is 13.4. The van der Waals surface area contributed by atoms with E-state index in [2.05, 4.69) is 192 Å². The first-order valence-electron chi connectivity index (χ1n) is 18.5. The van der Waals surface area contributed by atoms with E-state index in [1.54, 1.807) is 0 Å². The fourth-order valence-electron chi connectivity index (χ4n) is 8.23. The molecule has 250 valence electrons. The highest BCUT2D eigenvalue weighted by Crippen LogP contribution is 2.51. The predicted octanol–water partition coefficient (Wildman–Crippen LogP) is 14.0. The highest BCUT2D eigenvalue weighted by molar-refractivity contribution is 6.11. The monoisotopic (exact) mass is 668 g/mol. The summed E-state index contributed by atoms with van der Waals surface area (Å²) in [5.41, 5.74) is 15.1. The second-order valence-electron chi connectivity index (χ2n) is 13.3. The van der Waals surface area contributed by atoms with Gasteiger partial charge in [-0.25, -0.2) is 0 Å². The van der Waals surface area contributed by atoms with Gasteiger partial charge in [0.05, 0.1) is 11.4 Å². The average Bonchev–Trinajstić information content (AvgIpc) is 3.23. The van der Waals surface area contributed by atoms with Crippen molar-refractivity contribution >= 4 is 55.6 Å². The Morgan fingerprint density at radius 1 is 0.481 bits per heavy atom. The van der Waals surface area contributed by atoms with Crippen LogP contribution < -0.4 is 9.80 Å². The van der Waals surface area contributed by atoms with Gasteiger partial charge in [-0.05, 0) is 100.0 Å². The van der Waals surface area contributed by atoms with Crippen LogP contribution in [-0.2, 0) is 6.42 Å². The molecule has 10 rings (SSSR count). The van der Waals surface area contributed by atoms with Gasteiger partial charge >= 0.3 is 0 Å². The van der Waals surface area contributed by atoms with E-state index in [4.69, 9.17) is 0 Å². The number of benzene rings is 8. The maximum absolute atomic E-state index is 2.53. The Bertz CT molecular complexity index is 2590. The van der Waals surface area contributed by atoms with Crippen molar-refractivity contribution in [3.63, 3.8) is 0 Å². The van der Waals surface area contributed by atoms with Crippen molar-refractivity contribution in [1.29, 1.82) is 0 Å². The van der Waals surface area contributed by atoms with Crippen molar-refractivity contribution in [1.82, 2.24) is 0 Å². The Balaban J connectivity index is 0.00000177. The molecule has 0 atom stereocenters.